The van der Waals surface area contributed by atoms with Crippen LogP contribution in [0.5, 0.6) is 0 Å². The highest BCUT2D eigenvalue weighted by Gasteiger charge is 2.37. The zero-order valence-corrected chi connectivity index (χ0v) is 17.8. The number of hydrogen-bond donors (Lipinski definition) is 0. The molecule has 0 bridgehead atoms. The number of esters is 1. The van der Waals surface area contributed by atoms with Crippen molar-refractivity contribution in [2.45, 2.75) is 39.2 Å². The number of anilines is 1. The van der Waals surface area contributed by atoms with Gasteiger partial charge >= 0.3 is 11.7 Å². The summed E-state index contributed by atoms with van der Waals surface area (Å²) in [5.74, 6) is -0.929. The molecule has 0 N–H and O–H groups in total. The van der Waals surface area contributed by atoms with Crippen LogP contribution in [-0.2, 0) is 35.0 Å². The van der Waals surface area contributed by atoms with E-state index < -0.39 is 23.1 Å². The number of rotatable bonds is 6. The maximum absolute atomic E-state index is 12.6. The molecule has 8 nitrogen and oxygen atoms in total. The number of benzene rings is 1. The second kappa shape index (κ2) is 8.69. The van der Waals surface area contributed by atoms with E-state index in [1.54, 1.807) is 4.90 Å². The second-order valence-corrected chi connectivity index (χ2v) is 7.76. The Kier molecular flexibility index (Phi) is 6.24. The first-order valence-electron chi connectivity index (χ1n) is 10.1. The van der Waals surface area contributed by atoms with Gasteiger partial charge in [-0.25, -0.2) is 4.79 Å². The summed E-state index contributed by atoms with van der Waals surface area (Å²) in [6.07, 6.45) is 1.02. The van der Waals surface area contributed by atoms with Gasteiger partial charge in [-0.1, -0.05) is 32.0 Å². The fourth-order valence-electron chi connectivity index (χ4n) is 3.65. The molecule has 1 saturated heterocycles. The summed E-state index contributed by atoms with van der Waals surface area (Å²) >= 11 is 0. The molecular formula is C22H27N3O5. The van der Waals surface area contributed by atoms with E-state index in [0.717, 1.165) is 22.2 Å². The van der Waals surface area contributed by atoms with E-state index in [9.17, 15) is 19.2 Å². The van der Waals surface area contributed by atoms with Gasteiger partial charge in [0.2, 0.25) is 5.91 Å². The van der Waals surface area contributed by atoms with Crippen LogP contribution in [0.4, 0.5) is 5.69 Å². The first-order chi connectivity index (χ1) is 14.2. The number of ether oxygens (including phenoxy) is 1. The minimum Gasteiger partial charge on any atom is -0.459 e. The van der Waals surface area contributed by atoms with Crippen LogP contribution in [-0.4, -0.2) is 27.6 Å². The molecule has 1 aromatic heterocycles. The summed E-state index contributed by atoms with van der Waals surface area (Å²) in [5, 5.41) is 0. The number of para-hydroxylation sites is 1. The number of aromatic nitrogens is 2. The van der Waals surface area contributed by atoms with Gasteiger partial charge in [-0.15, -0.1) is 0 Å². The molecule has 1 amide bonds. The molecule has 8 heteroatoms. The highest BCUT2D eigenvalue weighted by atomic mass is 16.5. The van der Waals surface area contributed by atoms with Crippen molar-refractivity contribution in [2.24, 2.45) is 20.0 Å². The van der Waals surface area contributed by atoms with Gasteiger partial charge in [0.05, 0.1) is 11.6 Å². The van der Waals surface area contributed by atoms with Crippen LogP contribution in [0.3, 0.4) is 0 Å². The first kappa shape index (κ1) is 21.5. The number of hydrogen-bond acceptors (Lipinski definition) is 5. The molecule has 0 aliphatic carbocycles. The molecule has 1 aliphatic rings. The standard InChI is InChI=1S/C22H27N3O5/c1-5-14(2)17-8-6-7-9-18(17)25-12-15(10-20(25)27)21(28)30-13-16-11-19(26)24(4)22(29)23(16)3/h6-9,11,14-15H,5,10,12-13H2,1-4H3/t14-,15+/m1/s1. The average molecular weight is 413 g/mol. The Balaban J connectivity index is 1.73. The van der Waals surface area contributed by atoms with Gasteiger partial charge in [0.25, 0.3) is 5.56 Å². The van der Waals surface area contributed by atoms with Crippen LogP contribution in [0.2, 0.25) is 0 Å². The molecule has 1 aliphatic heterocycles. The fourth-order valence-corrected chi connectivity index (χ4v) is 3.65. The molecule has 0 radical (unpaired) electrons. The fraction of sp³-hybridized carbons (Fsp3) is 0.455. The lowest BCUT2D eigenvalue weighted by atomic mass is 9.96. The van der Waals surface area contributed by atoms with Crippen LogP contribution in [0.15, 0.2) is 39.9 Å². The topological polar surface area (TPSA) is 90.6 Å². The summed E-state index contributed by atoms with van der Waals surface area (Å²) < 4.78 is 7.60. The Labute approximate surface area is 174 Å². The molecule has 0 saturated carbocycles. The monoisotopic (exact) mass is 413 g/mol. The smallest absolute Gasteiger partial charge is 0.330 e. The summed E-state index contributed by atoms with van der Waals surface area (Å²) in [7, 11) is 2.90. The Bertz CT molecular complexity index is 1080. The van der Waals surface area contributed by atoms with Crippen LogP contribution in [0.1, 0.15) is 43.9 Å². The molecule has 2 atom stereocenters. The number of carbonyl (C=O) groups is 2. The van der Waals surface area contributed by atoms with Gasteiger partial charge < -0.3 is 9.64 Å². The zero-order chi connectivity index (χ0) is 22.0. The summed E-state index contributed by atoms with van der Waals surface area (Å²) in [5.41, 5.74) is 1.27. The molecule has 1 aromatic carbocycles. The van der Waals surface area contributed by atoms with Gasteiger partial charge in [-0.3, -0.25) is 23.5 Å². The van der Waals surface area contributed by atoms with Gasteiger partial charge in [-0.2, -0.15) is 0 Å². The largest absolute Gasteiger partial charge is 0.459 e. The summed E-state index contributed by atoms with van der Waals surface area (Å²) in [6, 6.07) is 9.02. The molecule has 1 fully saturated rings. The normalized spacial score (nSPS) is 17.3. The Morgan fingerprint density at radius 3 is 2.57 bits per heavy atom. The summed E-state index contributed by atoms with van der Waals surface area (Å²) in [4.78, 5) is 50.7. The van der Waals surface area contributed by atoms with Crippen LogP contribution < -0.4 is 16.1 Å². The third-order valence-electron chi connectivity index (χ3n) is 5.82. The van der Waals surface area contributed by atoms with Crippen molar-refractivity contribution in [1.82, 2.24) is 9.13 Å². The molecule has 2 aromatic rings. The van der Waals surface area contributed by atoms with Gasteiger partial charge in [0.1, 0.15) is 6.61 Å². The lowest BCUT2D eigenvalue weighted by Crippen LogP contribution is -2.38. The Morgan fingerprint density at radius 1 is 1.17 bits per heavy atom. The van der Waals surface area contributed by atoms with Crippen LogP contribution >= 0.6 is 0 Å². The highest BCUT2D eigenvalue weighted by Crippen LogP contribution is 2.33. The van der Waals surface area contributed by atoms with Gasteiger partial charge in [-0.05, 0) is 24.0 Å². The molecule has 160 valence electrons. The lowest BCUT2D eigenvalue weighted by Gasteiger charge is -2.23. The number of carbonyl (C=O) groups excluding carboxylic acids is 2. The minimum atomic E-state index is -0.592. The predicted octanol–water partition coefficient (Wildman–Crippen LogP) is 1.69. The van der Waals surface area contributed by atoms with E-state index in [-0.39, 0.29) is 25.5 Å². The van der Waals surface area contributed by atoms with E-state index in [1.807, 2.05) is 24.3 Å². The third kappa shape index (κ3) is 4.08. The van der Waals surface area contributed by atoms with Crippen molar-refractivity contribution in [3.05, 3.63) is 62.4 Å². The zero-order valence-electron chi connectivity index (χ0n) is 17.8. The predicted molar refractivity (Wildman–Crippen MR) is 112 cm³/mol. The van der Waals surface area contributed by atoms with Crippen molar-refractivity contribution in [3.8, 4) is 0 Å². The third-order valence-corrected chi connectivity index (χ3v) is 5.82. The SMILES string of the molecule is CC[C@@H](C)c1ccccc1N1C[C@@H](C(=O)OCc2cc(=O)n(C)c(=O)n2C)CC1=O. The van der Waals surface area contributed by atoms with Gasteiger partial charge in [0, 0.05) is 38.8 Å². The molecule has 3 rings (SSSR count). The molecular weight excluding hydrogens is 386 g/mol. The van der Waals surface area contributed by atoms with Crippen LogP contribution in [0, 0.1) is 5.92 Å². The van der Waals surface area contributed by atoms with Crippen molar-refractivity contribution in [3.63, 3.8) is 0 Å². The van der Waals surface area contributed by atoms with Crippen molar-refractivity contribution >= 4 is 17.6 Å². The van der Waals surface area contributed by atoms with Crippen molar-refractivity contribution < 1.29 is 14.3 Å². The van der Waals surface area contributed by atoms with E-state index in [2.05, 4.69) is 13.8 Å². The Hall–Kier alpha value is -3.16. The van der Waals surface area contributed by atoms with Crippen molar-refractivity contribution in [1.29, 1.82) is 0 Å². The number of amides is 1. The molecule has 30 heavy (non-hydrogen) atoms. The minimum absolute atomic E-state index is 0.0726. The number of nitrogens with zero attached hydrogens (tertiary/aromatic N) is 3. The summed E-state index contributed by atoms with van der Waals surface area (Å²) in [6.45, 7) is 4.26. The second-order valence-electron chi connectivity index (χ2n) is 7.76. The highest BCUT2D eigenvalue weighted by molar-refractivity contribution is 6.00. The van der Waals surface area contributed by atoms with E-state index in [0.29, 0.717) is 11.6 Å². The van der Waals surface area contributed by atoms with Crippen LogP contribution in [0.25, 0.3) is 0 Å². The van der Waals surface area contributed by atoms with Crippen molar-refractivity contribution in [2.75, 3.05) is 11.4 Å². The maximum atomic E-state index is 12.6. The van der Waals surface area contributed by atoms with E-state index in [1.165, 1.54) is 24.7 Å². The maximum Gasteiger partial charge on any atom is 0.330 e. The first-order valence-corrected chi connectivity index (χ1v) is 10.1. The van der Waals surface area contributed by atoms with E-state index in [4.69, 9.17) is 4.74 Å². The van der Waals surface area contributed by atoms with E-state index >= 15 is 0 Å². The Morgan fingerprint density at radius 2 is 1.87 bits per heavy atom. The average Bonchev–Trinajstić information content (AvgIpc) is 3.14. The quantitative estimate of drug-likeness (QED) is 0.673. The molecule has 2 heterocycles. The molecule has 0 spiro atoms. The lowest BCUT2D eigenvalue weighted by molar-refractivity contribution is -0.149. The molecule has 0 unspecified atom stereocenters. The van der Waals surface area contributed by atoms with Gasteiger partial charge in [0.15, 0.2) is 0 Å².